The first kappa shape index (κ1) is 24.8. The van der Waals surface area contributed by atoms with E-state index >= 15 is 0 Å². The summed E-state index contributed by atoms with van der Waals surface area (Å²) in [4.78, 5) is 22.5. The molecule has 0 aromatic heterocycles. The maximum atomic E-state index is 11.9. The van der Waals surface area contributed by atoms with Crippen LogP contribution in [-0.2, 0) is 29.2 Å². The Kier molecular flexibility index (Phi) is 13.3. The minimum atomic E-state index is -4.87. The van der Waals surface area contributed by atoms with E-state index in [1.54, 1.807) is 6.92 Å². The second kappa shape index (κ2) is 13.9. The quantitative estimate of drug-likeness (QED) is 0.176. The Bertz CT molecular complexity index is 503. The summed E-state index contributed by atoms with van der Waals surface area (Å²) in [6.07, 6.45) is 7.28. The molecule has 2 N–H and O–H groups in total. The maximum absolute atomic E-state index is 11.9. The predicted octanol–water partition coefficient (Wildman–Crippen LogP) is 3.15. The van der Waals surface area contributed by atoms with Crippen LogP contribution in [0.25, 0.3) is 0 Å². The Hall–Kier alpha value is -1.19. The summed E-state index contributed by atoms with van der Waals surface area (Å²) in [6, 6.07) is 0. The van der Waals surface area contributed by atoms with Crippen LogP contribution in [0.4, 0.5) is 0 Å². The average molecular weight is 397 g/mol. The molecule has 0 aliphatic rings. The fraction of sp³-hybridized carbons (Fsp3) is 0.882. The molecule has 0 radical (unpaired) electrons. The SMILES string of the molecule is CCCCCCCCCCOC(CC)OC(=O)C(CC(=O)O)S(=O)(=O)O. The fourth-order valence-corrected chi connectivity index (χ4v) is 3.01. The van der Waals surface area contributed by atoms with Crippen LogP contribution in [0.2, 0.25) is 0 Å². The highest BCUT2D eigenvalue weighted by Gasteiger charge is 2.36. The molecule has 0 aromatic carbocycles. The molecular weight excluding hydrogens is 364 g/mol. The Morgan fingerprint density at radius 2 is 1.50 bits per heavy atom. The van der Waals surface area contributed by atoms with Crippen LogP contribution >= 0.6 is 0 Å². The molecule has 0 bridgehead atoms. The van der Waals surface area contributed by atoms with Gasteiger partial charge in [0.2, 0.25) is 6.29 Å². The summed E-state index contributed by atoms with van der Waals surface area (Å²) < 4.78 is 41.6. The van der Waals surface area contributed by atoms with Crippen molar-refractivity contribution in [3.8, 4) is 0 Å². The van der Waals surface area contributed by atoms with Crippen LogP contribution in [0, 0.1) is 0 Å². The smallest absolute Gasteiger partial charge is 0.329 e. The second-order valence-electron chi connectivity index (χ2n) is 6.22. The Morgan fingerprint density at radius 1 is 0.962 bits per heavy atom. The van der Waals surface area contributed by atoms with Crippen molar-refractivity contribution in [3.63, 3.8) is 0 Å². The zero-order chi connectivity index (χ0) is 20.0. The van der Waals surface area contributed by atoms with Gasteiger partial charge in [0.15, 0.2) is 5.25 Å². The molecule has 9 heteroatoms. The number of hydrogen-bond donors (Lipinski definition) is 2. The Labute approximate surface area is 156 Å². The highest BCUT2D eigenvalue weighted by atomic mass is 32.2. The van der Waals surface area contributed by atoms with Crippen molar-refractivity contribution in [2.24, 2.45) is 0 Å². The molecule has 0 spiro atoms. The third kappa shape index (κ3) is 12.2. The van der Waals surface area contributed by atoms with E-state index in [1.807, 2.05) is 0 Å². The van der Waals surface area contributed by atoms with Gasteiger partial charge in [0.05, 0.1) is 13.0 Å². The molecular formula is C17H32O8S. The second-order valence-corrected chi connectivity index (χ2v) is 7.82. The fourth-order valence-electron chi connectivity index (χ4n) is 2.36. The van der Waals surface area contributed by atoms with Crippen LogP contribution in [0.5, 0.6) is 0 Å². The van der Waals surface area contributed by atoms with Gasteiger partial charge in [-0.05, 0) is 6.42 Å². The molecule has 0 saturated heterocycles. The van der Waals surface area contributed by atoms with Gasteiger partial charge < -0.3 is 14.6 Å². The minimum absolute atomic E-state index is 0.286. The number of carbonyl (C=O) groups is 2. The lowest BCUT2D eigenvalue weighted by Gasteiger charge is -2.19. The number of ether oxygens (including phenoxy) is 2. The predicted molar refractivity (Wildman–Crippen MR) is 96.3 cm³/mol. The summed E-state index contributed by atoms with van der Waals surface area (Å²) >= 11 is 0. The van der Waals surface area contributed by atoms with Gasteiger partial charge in [-0.1, -0.05) is 58.8 Å². The van der Waals surface area contributed by atoms with Crippen molar-refractivity contribution in [1.82, 2.24) is 0 Å². The number of rotatable bonds is 16. The molecule has 2 unspecified atom stereocenters. The van der Waals surface area contributed by atoms with Gasteiger partial charge in [-0.25, -0.2) is 0 Å². The van der Waals surface area contributed by atoms with Gasteiger partial charge >= 0.3 is 11.9 Å². The molecule has 8 nitrogen and oxygen atoms in total. The van der Waals surface area contributed by atoms with E-state index in [-0.39, 0.29) is 6.42 Å². The number of carbonyl (C=O) groups excluding carboxylic acids is 1. The molecule has 0 heterocycles. The zero-order valence-corrected chi connectivity index (χ0v) is 16.5. The van der Waals surface area contributed by atoms with E-state index in [4.69, 9.17) is 19.1 Å². The van der Waals surface area contributed by atoms with E-state index < -0.39 is 40.0 Å². The van der Waals surface area contributed by atoms with E-state index in [2.05, 4.69) is 6.92 Å². The number of unbranched alkanes of at least 4 members (excludes halogenated alkanes) is 7. The molecule has 0 saturated carbocycles. The molecule has 26 heavy (non-hydrogen) atoms. The summed E-state index contributed by atoms with van der Waals surface area (Å²) in [5.41, 5.74) is 0. The van der Waals surface area contributed by atoms with Crippen LogP contribution in [0.1, 0.15) is 78.1 Å². The normalized spacial score (nSPS) is 14.0. The number of carboxylic acids is 1. The summed E-state index contributed by atoms with van der Waals surface area (Å²) in [6.45, 7) is 4.22. The first-order valence-electron chi connectivity index (χ1n) is 9.22. The van der Waals surface area contributed by atoms with Crippen molar-refractivity contribution >= 4 is 22.1 Å². The zero-order valence-electron chi connectivity index (χ0n) is 15.7. The topological polar surface area (TPSA) is 127 Å². The largest absolute Gasteiger partial charge is 0.481 e. The number of carboxylic acid groups (broad SMARTS) is 1. The molecule has 0 rings (SSSR count). The molecule has 0 aliphatic carbocycles. The van der Waals surface area contributed by atoms with Gasteiger partial charge in [-0.2, -0.15) is 8.42 Å². The minimum Gasteiger partial charge on any atom is -0.481 e. The highest BCUT2D eigenvalue weighted by Crippen LogP contribution is 2.13. The lowest BCUT2D eigenvalue weighted by Crippen LogP contribution is -2.36. The molecule has 2 atom stereocenters. The third-order valence-electron chi connectivity index (χ3n) is 3.87. The van der Waals surface area contributed by atoms with E-state index in [1.165, 1.54) is 32.1 Å². The molecule has 0 aromatic rings. The molecule has 154 valence electrons. The first-order chi connectivity index (χ1) is 12.2. The Balaban J connectivity index is 4.16. The number of aliphatic carboxylic acids is 1. The number of hydrogen-bond acceptors (Lipinski definition) is 6. The van der Waals surface area contributed by atoms with Crippen LogP contribution in [0.15, 0.2) is 0 Å². The van der Waals surface area contributed by atoms with Crippen molar-refractivity contribution in [1.29, 1.82) is 0 Å². The monoisotopic (exact) mass is 396 g/mol. The highest BCUT2D eigenvalue weighted by molar-refractivity contribution is 7.87. The summed E-state index contributed by atoms with van der Waals surface area (Å²) in [5.74, 6) is -2.85. The number of esters is 1. The first-order valence-corrected chi connectivity index (χ1v) is 10.7. The van der Waals surface area contributed by atoms with E-state index in [0.29, 0.717) is 6.61 Å². The maximum Gasteiger partial charge on any atom is 0.329 e. The van der Waals surface area contributed by atoms with Gasteiger partial charge in [0, 0.05) is 6.42 Å². The average Bonchev–Trinajstić information content (AvgIpc) is 2.55. The van der Waals surface area contributed by atoms with Crippen LogP contribution in [0.3, 0.4) is 0 Å². The van der Waals surface area contributed by atoms with Crippen molar-refractivity contribution in [2.75, 3.05) is 6.61 Å². The van der Waals surface area contributed by atoms with Crippen molar-refractivity contribution in [3.05, 3.63) is 0 Å². The molecule has 0 fully saturated rings. The van der Waals surface area contributed by atoms with E-state index in [0.717, 1.165) is 19.3 Å². The van der Waals surface area contributed by atoms with Crippen LogP contribution < -0.4 is 0 Å². The standard InChI is InChI=1S/C17H32O8S/c1-3-5-6-7-8-9-10-11-12-24-16(4-2)25-17(20)14(13-15(18)19)26(21,22)23/h14,16H,3-13H2,1-2H3,(H,18,19)(H,21,22,23). The Morgan fingerprint density at radius 3 is 1.96 bits per heavy atom. The van der Waals surface area contributed by atoms with Gasteiger partial charge in [-0.3, -0.25) is 14.1 Å². The third-order valence-corrected chi connectivity index (χ3v) is 4.94. The summed E-state index contributed by atoms with van der Waals surface area (Å²) in [7, 11) is -4.87. The van der Waals surface area contributed by atoms with Crippen molar-refractivity contribution < 1.29 is 37.1 Å². The van der Waals surface area contributed by atoms with Gasteiger partial charge in [0.25, 0.3) is 10.1 Å². The summed E-state index contributed by atoms with van der Waals surface area (Å²) in [5, 5.41) is 6.51. The molecule has 0 aliphatic heterocycles. The van der Waals surface area contributed by atoms with Gasteiger partial charge in [-0.15, -0.1) is 0 Å². The lowest BCUT2D eigenvalue weighted by molar-refractivity contribution is -0.180. The lowest BCUT2D eigenvalue weighted by atomic mass is 10.1. The van der Waals surface area contributed by atoms with Crippen LogP contribution in [-0.4, -0.2) is 48.2 Å². The van der Waals surface area contributed by atoms with Gasteiger partial charge in [0.1, 0.15) is 0 Å². The van der Waals surface area contributed by atoms with E-state index in [9.17, 15) is 18.0 Å². The molecule has 0 amide bonds. The van der Waals surface area contributed by atoms with Crippen molar-refractivity contribution in [2.45, 2.75) is 89.6 Å².